The Hall–Kier alpha value is -3.18. The fraction of sp³-hybridized carbons (Fsp3) is 0.0500. The molecule has 0 spiro atoms. The summed E-state index contributed by atoms with van der Waals surface area (Å²) in [4.78, 5) is 12.4. The molecule has 0 radical (unpaired) electrons. The highest BCUT2D eigenvalue weighted by molar-refractivity contribution is 6.31. The van der Waals surface area contributed by atoms with E-state index < -0.39 is 0 Å². The molecule has 0 bridgehead atoms. The summed E-state index contributed by atoms with van der Waals surface area (Å²) in [5.74, 6) is -0.199. The van der Waals surface area contributed by atoms with Crippen molar-refractivity contribution in [3.8, 4) is 0 Å². The van der Waals surface area contributed by atoms with E-state index in [2.05, 4.69) is 10.5 Å². The zero-order valence-electron chi connectivity index (χ0n) is 13.8. The van der Waals surface area contributed by atoms with Crippen molar-refractivity contribution < 1.29 is 14.6 Å². The van der Waals surface area contributed by atoms with E-state index in [4.69, 9.17) is 11.6 Å². The third-order valence-electron chi connectivity index (χ3n) is 3.76. The van der Waals surface area contributed by atoms with Crippen LogP contribution in [0.4, 0.5) is 5.69 Å². The summed E-state index contributed by atoms with van der Waals surface area (Å²) in [6, 6.07) is 19.8. The van der Waals surface area contributed by atoms with Gasteiger partial charge in [-0.25, -0.2) is 0 Å². The third kappa shape index (κ3) is 4.26. The van der Waals surface area contributed by atoms with Gasteiger partial charge in [0.1, 0.15) is 5.71 Å². The van der Waals surface area contributed by atoms with Crippen LogP contribution in [0.5, 0.6) is 0 Å². The maximum absolute atomic E-state index is 12.4. The first-order valence-electron chi connectivity index (χ1n) is 7.98. The molecule has 2 N–H and O–H groups in total. The number of anilines is 1. The summed E-state index contributed by atoms with van der Waals surface area (Å²) in [5, 5.41) is 16.3. The Bertz CT molecular complexity index is 928. The van der Waals surface area contributed by atoms with E-state index in [1.165, 1.54) is 0 Å². The molecule has 0 unspecified atom stereocenters. The molecule has 3 aromatic rings. The quantitative estimate of drug-likeness (QED) is 0.314. The number of carbonyl (C=O) groups excluding carboxylic acids is 1. The molecule has 0 aliphatic rings. The van der Waals surface area contributed by atoms with Crippen LogP contribution in [0.15, 0.2) is 84.3 Å². The molecule has 0 aliphatic heterocycles. The Morgan fingerprint density at radius 1 is 1.04 bits per heavy atom. The lowest BCUT2D eigenvalue weighted by molar-refractivity contribution is -0.684. The van der Waals surface area contributed by atoms with Gasteiger partial charge in [-0.3, -0.25) is 4.79 Å². The second-order valence-electron chi connectivity index (χ2n) is 5.60. The minimum atomic E-state index is -0.199. The lowest BCUT2D eigenvalue weighted by atomic mass is 10.0. The van der Waals surface area contributed by atoms with Crippen molar-refractivity contribution in [3.63, 3.8) is 0 Å². The molecule has 0 saturated carbocycles. The van der Waals surface area contributed by atoms with Crippen LogP contribution in [-0.4, -0.2) is 16.8 Å². The van der Waals surface area contributed by atoms with Gasteiger partial charge in [0.05, 0.1) is 5.69 Å². The van der Waals surface area contributed by atoms with Crippen LogP contribution in [0, 0.1) is 0 Å². The van der Waals surface area contributed by atoms with Gasteiger partial charge in [0.15, 0.2) is 12.4 Å². The number of nitrogens with one attached hydrogen (secondary N) is 1. The van der Waals surface area contributed by atoms with Crippen LogP contribution in [0.25, 0.3) is 0 Å². The van der Waals surface area contributed by atoms with Crippen molar-refractivity contribution in [1.82, 2.24) is 0 Å². The summed E-state index contributed by atoms with van der Waals surface area (Å²) in [5.41, 5.74) is 2.10. The summed E-state index contributed by atoms with van der Waals surface area (Å²) < 4.78 is 1.77. The molecule has 2 aromatic carbocycles. The fourth-order valence-corrected chi connectivity index (χ4v) is 2.75. The molecule has 0 saturated heterocycles. The normalized spacial score (nSPS) is 11.2. The van der Waals surface area contributed by atoms with Gasteiger partial charge < -0.3 is 10.5 Å². The van der Waals surface area contributed by atoms with Crippen molar-refractivity contribution >= 4 is 28.9 Å². The van der Waals surface area contributed by atoms with Crippen molar-refractivity contribution in [3.05, 3.63) is 95.3 Å². The van der Waals surface area contributed by atoms with E-state index >= 15 is 0 Å². The fourth-order valence-electron chi connectivity index (χ4n) is 2.58. The molecular formula is C20H17ClN3O2+. The van der Waals surface area contributed by atoms with Crippen molar-refractivity contribution in [2.75, 3.05) is 5.32 Å². The maximum atomic E-state index is 12.4. The summed E-state index contributed by atoms with van der Waals surface area (Å²) in [6.45, 7) is 0.167. The molecular weight excluding hydrogens is 350 g/mol. The second-order valence-corrected chi connectivity index (χ2v) is 6.04. The van der Waals surface area contributed by atoms with E-state index in [-0.39, 0.29) is 12.5 Å². The van der Waals surface area contributed by atoms with Gasteiger partial charge >= 0.3 is 0 Å². The number of halogens is 1. The SMILES string of the molecule is O=C(C[n+]1ccccc1)Nc1ccc(Cl)cc1/C(=N\O)c1ccccc1. The topological polar surface area (TPSA) is 65.6 Å². The zero-order valence-corrected chi connectivity index (χ0v) is 14.6. The lowest BCUT2D eigenvalue weighted by Crippen LogP contribution is -2.39. The van der Waals surface area contributed by atoms with Crippen LogP contribution >= 0.6 is 11.6 Å². The Morgan fingerprint density at radius 3 is 2.42 bits per heavy atom. The Balaban J connectivity index is 1.90. The first-order chi connectivity index (χ1) is 12.7. The Kier molecular flexibility index (Phi) is 5.61. The first-order valence-corrected chi connectivity index (χ1v) is 8.36. The Labute approximate surface area is 156 Å². The van der Waals surface area contributed by atoms with Gasteiger partial charge in [-0.2, -0.15) is 4.57 Å². The molecule has 3 rings (SSSR count). The van der Waals surface area contributed by atoms with Crippen LogP contribution in [-0.2, 0) is 11.3 Å². The number of pyridine rings is 1. The number of rotatable bonds is 5. The summed E-state index contributed by atoms with van der Waals surface area (Å²) in [6.07, 6.45) is 3.62. The molecule has 0 fully saturated rings. The van der Waals surface area contributed by atoms with E-state index in [0.717, 1.165) is 0 Å². The molecule has 1 amide bonds. The minimum absolute atomic E-state index is 0.167. The standard InChI is InChI=1S/C20H16ClN3O2/c21-16-9-10-18(22-19(25)14-24-11-5-2-6-12-24)17(13-16)20(23-26)15-7-3-1-4-8-15/h1-13H,14H2,(H-,22,23,25,26)/p+1. The summed E-state index contributed by atoms with van der Waals surface area (Å²) in [7, 11) is 0. The number of hydrogen-bond acceptors (Lipinski definition) is 3. The van der Waals surface area contributed by atoms with Crippen LogP contribution in [0.1, 0.15) is 11.1 Å². The molecule has 6 heteroatoms. The molecule has 0 atom stereocenters. The van der Waals surface area contributed by atoms with Gasteiger partial charge in [-0.1, -0.05) is 53.2 Å². The van der Waals surface area contributed by atoms with E-state index in [0.29, 0.717) is 27.5 Å². The number of amides is 1. The van der Waals surface area contributed by atoms with E-state index in [1.807, 2.05) is 60.9 Å². The number of aromatic nitrogens is 1. The smallest absolute Gasteiger partial charge is 0.290 e. The van der Waals surface area contributed by atoms with Crippen LogP contribution < -0.4 is 9.88 Å². The average Bonchev–Trinajstić information content (AvgIpc) is 2.66. The number of hydrogen-bond donors (Lipinski definition) is 2. The second kappa shape index (κ2) is 8.27. The van der Waals surface area contributed by atoms with Crippen LogP contribution in [0.3, 0.4) is 0 Å². The molecule has 5 nitrogen and oxygen atoms in total. The van der Waals surface area contributed by atoms with E-state index in [9.17, 15) is 10.0 Å². The maximum Gasteiger partial charge on any atom is 0.290 e. The van der Waals surface area contributed by atoms with Crippen molar-refractivity contribution in [1.29, 1.82) is 0 Å². The molecule has 26 heavy (non-hydrogen) atoms. The van der Waals surface area contributed by atoms with Crippen molar-refractivity contribution in [2.24, 2.45) is 5.16 Å². The number of oxime groups is 1. The van der Waals surface area contributed by atoms with Crippen LogP contribution in [0.2, 0.25) is 5.02 Å². The number of benzene rings is 2. The Morgan fingerprint density at radius 2 is 1.73 bits per heavy atom. The zero-order chi connectivity index (χ0) is 18.4. The van der Waals surface area contributed by atoms with E-state index in [1.54, 1.807) is 22.8 Å². The molecule has 1 aromatic heterocycles. The highest BCUT2D eigenvalue weighted by Crippen LogP contribution is 2.24. The predicted molar refractivity (Wildman–Crippen MR) is 101 cm³/mol. The molecule has 1 heterocycles. The number of nitrogens with zero attached hydrogens (tertiary/aromatic N) is 2. The summed E-state index contributed by atoms with van der Waals surface area (Å²) >= 11 is 6.12. The molecule has 130 valence electrons. The minimum Gasteiger partial charge on any atom is -0.410 e. The van der Waals surface area contributed by atoms with Gasteiger partial charge in [0, 0.05) is 28.3 Å². The first kappa shape index (κ1) is 17.6. The lowest BCUT2D eigenvalue weighted by Gasteiger charge is -2.12. The van der Waals surface area contributed by atoms with Gasteiger partial charge in [-0.05, 0) is 18.2 Å². The number of carbonyl (C=O) groups is 1. The third-order valence-corrected chi connectivity index (χ3v) is 4.00. The average molecular weight is 367 g/mol. The predicted octanol–water partition coefficient (Wildman–Crippen LogP) is 3.49. The van der Waals surface area contributed by atoms with Crippen molar-refractivity contribution in [2.45, 2.75) is 6.54 Å². The highest BCUT2D eigenvalue weighted by Gasteiger charge is 2.16. The highest BCUT2D eigenvalue weighted by atomic mass is 35.5. The van der Waals surface area contributed by atoms with Gasteiger partial charge in [0.2, 0.25) is 6.54 Å². The van der Waals surface area contributed by atoms with Gasteiger partial charge in [0.25, 0.3) is 5.91 Å². The molecule has 0 aliphatic carbocycles. The largest absolute Gasteiger partial charge is 0.410 e. The van der Waals surface area contributed by atoms with Gasteiger partial charge in [-0.15, -0.1) is 0 Å². The monoisotopic (exact) mass is 366 g/mol.